The molecule has 29 heavy (non-hydrogen) atoms. The Kier molecular flexibility index (Phi) is 5.68. The molecule has 0 atom stereocenters. The molecule has 0 aromatic heterocycles. The summed E-state index contributed by atoms with van der Waals surface area (Å²) in [6.07, 6.45) is 7.73. The molecule has 0 unspecified atom stereocenters. The molecule has 0 spiro atoms. The molecule has 0 saturated carbocycles. The molecule has 0 aliphatic carbocycles. The minimum absolute atomic E-state index is 0.738. The van der Waals surface area contributed by atoms with E-state index in [0.29, 0.717) is 0 Å². The molecule has 1 aliphatic heterocycles. The van der Waals surface area contributed by atoms with Crippen molar-refractivity contribution in [2.75, 3.05) is 7.11 Å². The summed E-state index contributed by atoms with van der Waals surface area (Å²) in [5.41, 5.74) is 4.12. The van der Waals surface area contributed by atoms with Crippen molar-refractivity contribution in [3.8, 4) is 5.75 Å². The van der Waals surface area contributed by atoms with Crippen LogP contribution in [0.25, 0.3) is 11.3 Å². The van der Waals surface area contributed by atoms with Crippen LogP contribution in [0.15, 0.2) is 114 Å². The Morgan fingerprint density at radius 3 is 2.07 bits per heavy atom. The van der Waals surface area contributed by atoms with E-state index in [0.717, 1.165) is 39.7 Å². The van der Waals surface area contributed by atoms with Crippen molar-refractivity contribution in [3.63, 3.8) is 0 Å². The Morgan fingerprint density at radius 2 is 1.41 bits per heavy atom. The van der Waals surface area contributed by atoms with E-state index in [1.807, 2.05) is 84.9 Å². The summed E-state index contributed by atoms with van der Waals surface area (Å²) < 4.78 is 11.3. The van der Waals surface area contributed by atoms with Crippen LogP contribution in [-0.2, 0) is 4.74 Å². The molecular formula is C26H21NO2. The van der Waals surface area contributed by atoms with Gasteiger partial charge in [0, 0.05) is 11.8 Å². The van der Waals surface area contributed by atoms with Crippen LogP contribution < -0.4 is 4.74 Å². The summed E-state index contributed by atoms with van der Waals surface area (Å²) >= 11 is 0. The van der Waals surface area contributed by atoms with Crippen LogP contribution in [-0.4, -0.2) is 13.3 Å². The summed E-state index contributed by atoms with van der Waals surface area (Å²) in [4.78, 5) is 4.49. The van der Waals surface area contributed by atoms with Crippen LogP contribution >= 0.6 is 0 Å². The zero-order valence-corrected chi connectivity index (χ0v) is 16.2. The van der Waals surface area contributed by atoms with Crippen LogP contribution in [0.4, 0.5) is 5.69 Å². The van der Waals surface area contributed by atoms with Crippen LogP contribution in [0.1, 0.15) is 11.1 Å². The molecule has 142 valence electrons. The number of hydrogen-bond acceptors (Lipinski definition) is 3. The number of ether oxygens (including phenoxy) is 2. The van der Waals surface area contributed by atoms with E-state index in [1.165, 1.54) is 0 Å². The molecule has 0 amide bonds. The minimum Gasteiger partial charge on any atom is -0.497 e. The number of benzene rings is 3. The normalized spacial score (nSPS) is 15.0. The van der Waals surface area contributed by atoms with Crippen LogP contribution in [0.5, 0.6) is 5.75 Å². The summed E-state index contributed by atoms with van der Waals surface area (Å²) in [5.74, 6) is 2.37. The molecule has 0 bridgehead atoms. The molecule has 0 saturated heterocycles. The quantitative estimate of drug-likeness (QED) is 0.478. The van der Waals surface area contributed by atoms with E-state index in [9.17, 15) is 0 Å². The fourth-order valence-electron chi connectivity index (χ4n) is 3.01. The summed E-state index contributed by atoms with van der Waals surface area (Å²) in [6, 6.07) is 28.0. The Bertz CT molecular complexity index is 1080. The lowest BCUT2D eigenvalue weighted by Crippen LogP contribution is -1.99. The Morgan fingerprint density at radius 1 is 0.759 bits per heavy atom. The van der Waals surface area contributed by atoms with Gasteiger partial charge in [0.25, 0.3) is 0 Å². The number of aliphatic imine (C=N–C) groups is 1. The minimum atomic E-state index is 0.738. The van der Waals surface area contributed by atoms with Crippen molar-refractivity contribution in [1.29, 1.82) is 0 Å². The average molecular weight is 379 g/mol. The van der Waals surface area contributed by atoms with Gasteiger partial charge in [-0.05, 0) is 53.6 Å². The zero-order valence-electron chi connectivity index (χ0n) is 16.2. The lowest BCUT2D eigenvalue weighted by molar-refractivity contribution is 0.399. The maximum Gasteiger partial charge on any atom is 0.135 e. The van der Waals surface area contributed by atoms with E-state index in [2.05, 4.69) is 23.2 Å². The molecule has 3 aromatic carbocycles. The largest absolute Gasteiger partial charge is 0.497 e. The van der Waals surface area contributed by atoms with Gasteiger partial charge < -0.3 is 9.47 Å². The number of rotatable bonds is 5. The monoisotopic (exact) mass is 379 g/mol. The van der Waals surface area contributed by atoms with Crippen molar-refractivity contribution < 1.29 is 9.47 Å². The fourth-order valence-corrected chi connectivity index (χ4v) is 3.01. The van der Waals surface area contributed by atoms with Crippen molar-refractivity contribution in [2.45, 2.75) is 0 Å². The molecule has 0 radical (unpaired) electrons. The smallest absolute Gasteiger partial charge is 0.135 e. The van der Waals surface area contributed by atoms with Gasteiger partial charge in [-0.15, -0.1) is 0 Å². The Labute approximate surface area is 171 Å². The second-order valence-corrected chi connectivity index (χ2v) is 6.49. The van der Waals surface area contributed by atoms with Gasteiger partial charge in [-0.3, -0.25) is 4.99 Å². The van der Waals surface area contributed by atoms with E-state index >= 15 is 0 Å². The first-order chi connectivity index (χ1) is 14.3. The third-order valence-corrected chi connectivity index (χ3v) is 4.51. The van der Waals surface area contributed by atoms with Crippen molar-refractivity contribution in [2.24, 2.45) is 4.99 Å². The topological polar surface area (TPSA) is 30.8 Å². The van der Waals surface area contributed by atoms with E-state index < -0.39 is 0 Å². The van der Waals surface area contributed by atoms with Gasteiger partial charge in [0.1, 0.15) is 17.3 Å². The number of hydrogen-bond donors (Lipinski definition) is 0. The van der Waals surface area contributed by atoms with Crippen LogP contribution in [0, 0.1) is 0 Å². The summed E-state index contributed by atoms with van der Waals surface area (Å²) in [6.45, 7) is 0. The lowest BCUT2D eigenvalue weighted by atomic mass is 10.0. The van der Waals surface area contributed by atoms with Gasteiger partial charge in [0.2, 0.25) is 0 Å². The van der Waals surface area contributed by atoms with Gasteiger partial charge in [-0.2, -0.15) is 0 Å². The van der Waals surface area contributed by atoms with Gasteiger partial charge in [0.15, 0.2) is 0 Å². The highest BCUT2D eigenvalue weighted by atomic mass is 16.5. The van der Waals surface area contributed by atoms with E-state index in [4.69, 9.17) is 9.47 Å². The maximum absolute atomic E-state index is 6.13. The zero-order chi connectivity index (χ0) is 19.9. The highest BCUT2D eigenvalue weighted by Crippen LogP contribution is 2.31. The van der Waals surface area contributed by atoms with Gasteiger partial charge in [0.05, 0.1) is 12.8 Å². The first-order valence-electron chi connectivity index (χ1n) is 9.42. The molecule has 3 nitrogen and oxygen atoms in total. The van der Waals surface area contributed by atoms with Gasteiger partial charge in [-0.25, -0.2) is 0 Å². The van der Waals surface area contributed by atoms with Crippen molar-refractivity contribution >= 4 is 23.2 Å². The third kappa shape index (κ3) is 4.71. The summed E-state index contributed by atoms with van der Waals surface area (Å²) in [5, 5.41) is 0. The highest BCUT2D eigenvalue weighted by molar-refractivity contribution is 5.87. The van der Waals surface area contributed by atoms with E-state index in [-0.39, 0.29) is 0 Å². The molecule has 0 N–H and O–H groups in total. The highest BCUT2D eigenvalue weighted by Gasteiger charge is 2.13. The van der Waals surface area contributed by atoms with Gasteiger partial charge in [-0.1, -0.05) is 60.7 Å². The fraction of sp³-hybridized carbons (Fsp3) is 0.0385. The molecule has 4 rings (SSSR count). The number of allylic oxidation sites excluding steroid dienone is 4. The molecular weight excluding hydrogens is 358 g/mol. The summed E-state index contributed by atoms with van der Waals surface area (Å²) in [7, 11) is 1.65. The first kappa shape index (κ1) is 18.5. The standard InChI is InChI=1S/C26H21NO2/c1-28-24-14-12-23(13-15-24)27-17-16-25-18-22(20-8-4-2-5-9-20)19-26(29-25)21-10-6-3-7-11-21/h2-19H,1H3/b25-16+,27-17?. The molecule has 3 aromatic rings. The molecule has 1 aliphatic rings. The van der Waals surface area contributed by atoms with Crippen LogP contribution in [0.3, 0.4) is 0 Å². The number of nitrogens with zero attached hydrogens (tertiary/aromatic N) is 1. The maximum atomic E-state index is 6.13. The van der Waals surface area contributed by atoms with Crippen molar-refractivity contribution in [1.82, 2.24) is 0 Å². The Balaban J connectivity index is 1.63. The van der Waals surface area contributed by atoms with Crippen molar-refractivity contribution in [3.05, 3.63) is 120 Å². The van der Waals surface area contributed by atoms with E-state index in [1.54, 1.807) is 13.3 Å². The average Bonchev–Trinajstić information content (AvgIpc) is 2.80. The predicted molar refractivity (Wildman–Crippen MR) is 119 cm³/mol. The Hall–Kier alpha value is -3.85. The third-order valence-electron chi connectivity index (χ3n) is 4.51. The van der Waals surface area contributed by atoms with Crippen LogP contribution in [0.2, 0.25) is 0 Å². The SMILES string of the molecule is COc1ccc(N=C/C=C2\C=C(c3ccccc3)C=C(c3ccccc3)O2)cc1. The lowest BCUT2D eigenvalue weighted by Gasteiger charge is -2.18. The molecule has 1 heterocycles. The number of methoxy groups -OCH3 is 1. The predicted octanol–water partition coefficient (Wildman–Crippen LogP) is 6.44. The van der Waals surface area contributed by atoms with Gasteiger partial charge >= 0.3 is 0 Å². The molecule has 3 heteroatoms. The first-order valence-corrected chi connectivity index (χ1v) is 9.42. The second-order valence-electron chi connectivity index (χ2n) is 6.49. The second kappa shape index (κ2) is 8.89. The molecule has 0 fully saturated rings.